The van der Waals surface area contributed by atoms with Gasteiger partial charge < -0.3 is 10.1 Å². The lowest BCUT2D eigenvalue weighted by Gasteiger charge is -2.25. The minimum absolute atomic E-state index is 0.264. The summed E-state index contributed by atoms with van der Waals surface area (Å²) in [5, 5.41) is 24.8. The molecule has 4 aromatic rings. The first kappa shape index (κ1) is 19.0. The fourth-order valence-corrected chi connectivity index (χ4v) is 3.58. The Balaban J connectivity index is 1.44. The number of amides is 1. The number of pyridine rings is 1. The fraction of sp³-hybridized carbons (Fsp3) is 0.227. The van der Waals surface area contributed by atoms with Crippen LogP contribution in [-0.4, -0.2) is 44.1 Å². The summed E-state index contributed by atoms with van der Waals surface area (Å²) in [6, 6.07) is 7.91. The SMILES string of the molecule is Cc1c(C#N)cnc(C(=O)Nc2ccc3[nH]nc(-c4cnn(C5COC5)c4)c3c2)c1C. The molecule has 1 aliphatic heterocycles. The van der Waals surface area contributed by atoms with Gasteiger partial charge in [0, 0.05) is 29.0 Å². The highest BCUT2D eigenvalue weighted by Crippen LogP contribution is 2.29. The van der Waals surface area contributed by atoms with Crippen molar-refractivity contribution >= 4 is 22.5 Å². The van der Waals surface area contributed by atoms with Crippen molar-refractivity contribution < 1.29 is 9.53 Å². The van der Waals surface area contributed by atoms with Crippen LogP contribution in [0.4, 0.5) is 5.69 Å². The molecule has 1 aliphatic rings. The summed E-state index contributed by atoms with van der Waals surface area (Å²) < 4.78 is 7.13. The number of H-pyrrole nitrogens is 1. The third kappa shape index (κ3) is 3.23. The van der Waals surface area contributed by atoms with Gasteiger partial charge in [-0.25, -0.2) is 4.98 Å². The predicted molar refractivity (Wildman–Crippen MR) is 114 cm³/mol. The summed E-state index contributed by atoms with van der Waals surface area (Å²) in [5.74, 6) is -0.327. The van der Waals surface area contributed by atoms with Crippen LogP contribution in [0.15, 0.2) is 36.8 Å². The molecule has 4 heterocycles. The summed E-state index contributed by atoms with van der Waals surface area (Å²) in [6.07, 6.45) is 5.17. The third-order valence-corrected chi connectivity index (χ3v) is 5.67. The zero-order valence-corrected chi connectivity index (χ0v) is 17.0. The maximum atomic E-state index is 12.8. The standard InChI is InChI=1S/C22H19N7O2/c1-12-13(2)20(24-7-14(12)6-23)22(30)26-16-3-4-19-18(5-16)21(28-27-19)15-8-25-29(9-15)17-10-31-11-17/h3-5,7-9,17H,10-11H2,1-2H3,(H,26,30)(H,27,28). The molecule has 0 aliphatic carbocycles. The Labute approximate surface area is 177 Å². The molecule has 0 saturated carbocycles. The molecule has 9 nitrogen and oxygen atoms in total. The van der Waals surface area contributed by atoms with Crippen LogP contribution in [0.5, 0.6) is 0 Å². The number of nitriles is 1. The number of fused-ring (bicyclic) bond motifs is 1. The van der Waals surface area contributed by atoms with Crippen molar-refractivity contribution in [2.24, 2.45) is 0 Å². The molecule has 3 aromatic heterocycles. The highest BCUT2D eigenvalue weighted by molar-refractivity contribution is 6.05. The van der Waals surface area contributed by atoms with Gasteiger partial charge in [0.05, 0.1) is 36.5 Å². The second-order valence-electron chi connectivity index (χ2n) is 7.57. The number of benzene rings is 1. The largest absolute Gasteiger partial charge is 0.377 e. The molecule has 9 heteroatoms. The predicted octanol–water partition coefficient (Wildman–Crippen LogP) is 3.13. The van der Waals surface area contributed by atoms with E-state index in [1.165, 1.54) is 6.20 Å². The van der Waals surface area contributed by atoms with E-state index in [1.807, 2.05) is 36.0 Å². The zero-order chi connectivity index (χ0) is 21.5. The Kier molecular flexibility index (Phi) is 4.49. The summed E-state index contributed by atoms with van der Waals surface area (Å²) in [5.41, 5.74) is 5.35. The van der Waals surface area contributed by atoms with Crippen LogP contribution >= 0.6 is 0 Å². The summed E-state index contributed by atoms with van der Waals surface area (Å²) >= 11 is 0. The molecule has 0 bridgehead atoms. The number of carbonyl (C=O) groups excluding carboxylic acids is 1. The lowest BCUT2D eigenvalue weighted by atomic mass is 10.0. The Bertz CT molecular complexity index is 1360. The molecule has 0 spiro atoms. The Morgan fingerprint density at radius 1 is 1.29 bits per heavy atom. The van der Waals surface area contributed by atoms with Crippen LogP contribution in [0.25, 0.3) is 22.2 Å². The van der Waals surface area contributed by atoms with Crippen molar-refractivity contribution in [3.8, 4) is 17.3 Å². The Morgan fingerprint density at radius 3 is 2.87 bits per heavy atom. The van der Waals surface area contributed by atoms with Gasteiger partial charge in [-0.2, -0.15) is 15.5 Å². The highest BCUT2D eigenvalue weighted by atomic mass is 16.5. The smallest absolute Gasteiger partial charge is 0.274 e. The van der Waals surface area contributed by atoms with E-state index in [9.17, 15) is 4.79 Å². The molecular weight excluding hydrogens is 394 g/mol. The van der Waals surface area contributed by atoms with Gasteiger partial charge in [-0.15, -0.1) is 0 Å². The normalized spacial score (nSPS) is 13.7. The van der Waals surface area contributed by atoms with Crippen LogP contribution in [-0.2, 0) is 4.74 Å². The summed E-state index contributed by atoms with van der Waals surface area (Å²) in [6.45, 7) is 4.94. The lowest BCUT2D eigenvalue weighted by molar-refractivity contribution is -0.0286. The number of nitrogens with zero attached hydrogens (tertiary/aromatic N) is 5. The summed E-state index contributed by atoms with van der Waals surface area (Å²) in [7, 11) is 0. The third-order valence-electron chi connectivity index (χ3n) is 5.67. The number of anilines is 1. The van der Waals surface area contributed by atoms with Crippen molar-refractivity contribution in [1.29, 1.82) is 5.26 Å². The molecule has 1 amide bonds. The van der Waals surface area contributed by atoms with E-state index in [0.717, 1.165) is 27.7 Å². The van der Waals surface area contributed by atoms with Crippen LogP contribution in [0.3, 0.4) is 0 Å². The van der Waals surface area contributed by atoms with Gasteiger partial charge >= 0.3 is 0 Å². The van der Waals surface area contributed by atoms with E-state index in [0.29, 0.717) is 35.7 Å². The van der Waals surface area contributed by atoms with Crippen LogP contribution in [0, 0.1) is 25.2 Å². The molecule has 1 aromatic carbocycles. The topological polar surface area (TPSA) is 122 Å². The Morgan fingerprint density at radius 2 is 2.13 bits per heavy atom. The van der Waals surface area contributed by atoms with Crippen LogP contribution in [0.1, 0.15) is 33.2 Å². The summed E-state index contributed by atoms with van der Waals surface area (Å²) in [4.78, 5) is 17.0. The van der Waals surface area contributed by atoms with Crippen LogP contribution < -0.4 is 5.32 Å². The number of hydrogen-bond acceptors (Lipinski definition) is 6. The fourth-order valence-electron chi connectivity index (χ4n) is 3.58. The molecule has 5 rings (SSSR count). The number of aromatic nitrogens is 5. The number of carbonyl (C=O) groups is 1. The average Bonchev–Trinajstić information content (AvgIpc) is 3.35. The average molecular weight is 413 g/mol. The van der Waals surface area contributed by atoms with Crippen molar-refractivity contribution in [2.75, 3.05) is 18.5 Å². The van der Waals surface area contributed by atoms with Gasteiger partial charge in [-0.1, -0.05) is 0 Å². The number of ether oxygens (including phenoxy) is 1. The highest BCUT2D eigenvalue weighted by Gasteiger charge is 2.22. The molecule has 0 atom stereocenters. The number of aromatic amines is 1. The van der Waals surface area contributed by atoms with Crippen molar-refractivity contribution in [1.82, 2.24) is 25.0 Å². The van der Waals surface area contributed by atoms with Crippen molar-refractivity contribution in [3.63, 3.8) is 0 Å². The van der Waals surface area contributed by atoms with Gasteiger partial charge in [0.2, 0.25) is 0 Å². The van der Waals surface area contributed by atoms with E-state index < -0.39 is 0 Å². The Hall–Kier alpha value is -4.03. The second-order valence-corrected chi connectivity index (χ2v) is 7.57. The van der Waals surface area contributed by atoms with Crippen molar-refractivity contribution in [2.45, 2.75) is 19.9 Å². The van der Waals surface area contributed by atoms with E-state index in [-0.39, 0.29) is 11.9 Å². The van der Waals surface area contributed by atoms with Crippen molar-refractivity contribution in [3.05, 3.63) is 59.2 Å². The van der Waals surface area contributed by atoms with E-state index in [1.54, 1.807) is 13.1 Å². The van der Waals surface area contributed by atoms with Gasteiger partial charge in [0.25, 0.3) is 5.91 Å². The zero-order valence-electron chi connectivity index (χ0n) is 17.0. The maximum absolute atomic E-state index is 12.8. The molecular formula is C22H19N7O2. The molecule has 31 heavy (non-hydrogen) atoms. The number of nitrogens with one attached hydrogen (secondary N) is 2. The number of hydrogen-bond donors (Lipinski definition) is 2. The number of rotatable bonds is 4. The minimum atomic E-state index is -0.327. The molecule has 1 saturated heterocycles. The van der Waals surface area contributed by atoms with E-state index in [2.05, 4.69) is 31.7 Å². The quantitative estimate of drug-likeness (QED) is 0.530. The molecule has 2 N–H and O–H groups in total. The molecule has 154 valence electrons. The first-order chi connectivity index (χ1) is 15.0. The second kappa shape index (κ2) is 7.34. The first-order valence-corrected chi connectivity index (χ1v) is 9.83. The van der Waals surface area contributed by atoms with Gasteiger partial charge in [-0.05, 0) is 43.2 Å². The first-order valence-electron chi connectivity index (χ1n) is 9.83. The molecule has 0 radical (unpaired) electrons. The van der Waals surface area contributed by atoms with E-state index in [4.69, 9.17) is 10.00 Å². The lowest BCUT2D eigenvalue weighted by Crippen LogP contribution is -2.30. The molecule has 0 unspecified atom stereocenters. The minimum Gasteiger partial charge on any atom is -0.377 e. The van der Waals surface area contributed by atoms with Gasteiger partial charge in [0.15, 0.2) is 0 Å². The van der Waals surface area contributed by atoms with Gasteiger partial charge in [-0.3, -0.25) is 14.6 Å². The van der Waals surface area contributed by atoms with Gasteiger partial charge in [0.1, 0.15) is 17.5 Å². The monoisotopic (exact) mass is 413 g/mol. The van der Waals surface area contributed by atoms with Crippen LogP contribution in [0.2, 0.25) is 0 Å². The molecule has 1 fully saturated rings. The maximum Gasteiger partial charge on any atom is 0.274 e. The van der Waals surface area contributed by atoms with E-state index >= 15 is 0 Å².